The van der Waals surface area contributed by atoms with Crippen molar-refractivity contribution in [3.05, 3.63) is 52.2 Å². The SMILES string of the molecule is C[C@H]1COc2ccccc2CN1C(=O)CCc1ccsc1. The normalized spacial score (nSPS) is 17.8. The van der Waals surface area contributed by atoms with E-state index >= 15 is 0 Å². The monoisotopic (exact) mass is 301 g/mol. The molecule has 1 amide bonds. The minimum atomic E-state index is 0.104. The molecule has 0 bridgehead atoms. The molecule has 3 rings (SSSR count). The van der Waals surface area contributed by atoms with Gasteiger partial charge >= 0.3 is 0 Å². The van der Waals surface area contributed by atoms with Crippen molar-refractivity contribution in [3.63, 3.8) is 0 Å². The summed E-state index contributed by atoms with van der Waals surface area (Å²) in [5.41, 5.74) is 2.33. The molecule has 0 unspecified atom stereocenters. The number of nitrogens with zero attached hydrogens (tertiary/aromatic N) is 1. The molecule has 0 aliphatic carbocycles. The smallest absolute Gasteiger partial charge is 0.223 e. The number of benzene rings is 1. The van der Waals surface area contributed by atoms with Gasteiger partial charge in [-0.3, -0.25) is 4.79 Å². The van der Waals surface area contributed by atoms with Gasteiger partial charge in [-0.1, -0.05) is 18.2 Å². The largest absolute Gasteiger partial charge is 0.491 e. The Bertz CT molecular complexity index is 609. The maximum atomic E-state index is 12.5. The molecular weight excluding hydrogens is 282 g/mol. The summed E-state index contributed by atoms with van der Waals surface area (Å²) in [5, 5.41) is 4.16. The van der Waals surface area contributed by atoms with E-state index in [9.17, 15) is 4.79 Å². The fraction of sp³-hybridized carbons (Fsp3) is 0.353. The van der Waals surface area contributed by atoms with Crippen molar-refractivity contribution >= 4 is 17.2 Å². The van der Waals surface area contributed by atoms with Crippen molar-refractivity contribution in [1.29, 1.82) is 0 Å². The van der Waals surface area contributed by atoms with Gasteiger partial charge in [0.05, 0.1) is 6.04 Å². The van der Waals surface area contributed by atoms with E-state index < -0.39 is 0 Å². The Morgan fingerprint density at radius 3 is 3.05 bits per heavy atom. The Kier molecular flexibility index (Phi) is 4.25. The average molecular weight is 301 g/mol. The Morgan fingerprint density at radius 2 is 2.24 bits per heavy atom. The molecule has 1 aliphatic rings. The second kappa shape index (κ2) is 6.31. The Morgan fingerprint density at radius 1 is 1.38 bits per heavy atom. The fourth-order valence-corrected chi connectivity index (χ4v) is 3.28. The predicted octanol–water partition coefficient (Wildman–Crippen LogP) is 3.49. The van der Waals surface area contributed by atoms with E-state index in [1.54, 1.807) is 11.3 Å². The van der Waals surface area contributed by atoms with Gasteiger partial charge in [0, 0.05) is 18.5 Å². The molecule has 1 aromatic carbocycles. The van der Waals surface area contributed by atoms with Crippen LogP contribution in [0, 0.1) is 0 Å². The molecule has 4 heteroatoms. The average Bonchev–Trinajstić information content (AvgIpc) is 2.96. The third kappa shape index (κ3) is 3.27. The summed E-state index contributed by atoms with van der Waals surface area (Å²) in [5.74, 6) is 1.10. The highest BCUT2D eigenvalue weighted by atomic mass is 32.1. The molecule has 0 fully saturated rings. The Labute approximate surface area is 129 Å². The van der Waals surface area contributed by atoms with Crippen LogP contribution in [0.25, 0.3) is 0 Å². The van der Waals surface area contributed by atoms with Gasteiger partial charge in [-0.05, 0) is 41.8 Å². The molecule has 0 spiro atoms. The highest BCUT2D eigenvalue weighted by molar-refractivity contribution is 7.07. The predicted molar refractivity (Wildman–Crippen MR) is 84.6 cm³/mol. The standard InChI is InChI=1S/C17H19NO2S/c1-13-11-20-16-5-3-2-4-15(16)10-18(13)17(19)7-6-14-8-9-21-12-14/h2-5,8-9,12-13H,6-7,10-11H2,1H3/t13-/m0/s1. The van der Waals surface area contributed by atoms with Crippen molar-refractivity contribution in [1.82, 2.24) is 4.90 Å². The van der Waals surface area contributed by atoms with E-state index in [4.69, 9.17) is 4.74 Å². The summed E-state index contributed by atoms with van der Waals surface area (Å²) in [6.07, 6.45) is 1.37. The topological polar surface area (TPSA) is 29.5 Å². The van der Waals surface area contributed by atoms with Crippen molar-refractivity contribution in [3.8, 4) is 5.75 Å². The van der Waals surface area contributed by atoms with Crippen molar-refractivity contribution < 1.29 is 9.53 Å². The molecule has 1 aliphatic heterocycles. The van der Waals surface area contributed by atoms with Gasteiger partial charge in [0.15, 0.2) is 0 Å². The van der Waals surface area contributed by atoms with Gasteiger partial charge in [0.25, 0.3) is 0 Å². The van der Waals surface area contributed by atoms with Crippen LogP contribution in [0.3, 0.4) is 0 Å². The molecule has 0 saturated heterocycles. The number of amides is 1. The Balaban J connectivity index is 1.69. The van der Waals surface area contributed by atoms with E-state index in [1.807, 2.05) is 36.1 Å². The van der Waals surface area contributed by atoms with Gasteiger partial charge in [-0.2, -0.15) is 11.3 Å². The lowest BCUT2D eigenvalue weighted by Gasteiger charge is -2.26. The zero-order valence-electron chi connectivity index (χ0n) is 12.1. The molecule has 0 N–H and O–H groups in total. The third-order valence-electron chi connectivity index (χ3n) is 3.85. The van der Waals surface area contributed by atoms with E-state index in [-0.39, 0.29) is 11.9 Å². The highest BCUT2D eigenvalue weighted by Gasteiger charge is 2.25. The number of hydrogen-bond donors (Lipinski definition) is 0. The highest BCUT2D eigenvalue weighted by Crippen LogP contribution is 2.25. The molecular formula is C17H19NO2S. The van der Waals surface area contributed by atoms with E-state index in [1.165, 1.54) is 5.56 Å². The first-order chi connectivity index (χ1) is 10.2. The first-order valence-electron chi connectivity index (χ1n) is 7.25. The quantitative estimate of drug-likeness (QED) is 0.868. The van der Waals surface area contributed by atoms with Gasteiger partial charge in [0.2, 0.25) is 5.91 Å². The number of aryl methyl sites for hydroxylation is 1. The van der Waals surface area contributed by atoms with Crippen LogP contribution in [-0.4, -0.2) is 23.5 Å². The van der Waals surface area contributed by atoms with Crippen molar-refractivity contribution in [2.24, 2.45) is 0 Å². The number of para-hydroxylation sites is 1. The Hall–Kier alpha value is -1.81. The van der Waals surface area contributed by atoms with Crippen LogP contribution in [0.1, 0.15) is 24.5 Å². The number of carbonyl (C=O) groups is 1. The summed E-state index contributed by atoms with van der Waals surface area (Å²) in [6, 6.07) is 10.2. The second-order valence-corrected chi connectivity index (χ2v) is 6.20. The number of carbonyl (C=O) groups excluding carboxylic acids is 1. The number of rotatable bonds is 3. The van der Waals surface area contributed by atoms with Crippen LogP contribution in [-0.2, 0) is 17.8 Å². The summed E-state index contributed by atoms with van der Waals surface area (Å²) >= 11 is 1.68. The number of thiophene rings is 1. The fourth-order valence-electron chi connectivity index (χ4n) is 2.58. The first kappa shape index (κ1) is 14.1. The molecule has 1 aromatic heterocycles. The van der Waals surface area contributed by atoms with Crippen LogP contribution in [0.15, 0.2) is 41.1 Å². The van der Waals surface area contributed by atoms with Crippen molar-refractivity contribution in [2.75, 3.05) is 6.61 Å². The molecule has 0 radical (unpaired) electrons. The summed E-state index contributed by atoms with van der Waals surface area (Å²) in [6.45, 7) is 3.25. The third-order valence-corrected chi connectivity index (χ3v) is 4.59. The van der Waals surface area contributed by atoms with Crippen LogP contribution in [0.2, 0.25) is 0 Å². The number of fused-ring (bicyclic) bond motifs is 1. The first-order valence-corrected chi connectivity index (χ1v) is 8.19. The van der Waals surface area contributed by atoms with E-state index in [0.717, 1.165) is 17.7 Å². The lowest BCUT2D eigenvalue weighted by atomic mass is 10.1. The summed E-state index contributed by atoms with van der Waals surface area (Å²) in [7, 11) is 0. The second-order valence-electron chi connectivity index (χ2n) is 5.42. The van der Waals surface area contributed by atoms with E-state index in [0.29, 0.717) is 19.6 Å². The molecule has 2 heterocycles. The number of ether oxygens (including phenoxy) is 1. The maximum absolute atomic E-state index is 12.5. The molecule has 110 valence electrons. The summed E-state index contributed by atoms with van der Waals surface area (Å²) < 4.78 is 5.80. The van der Waals surface area contributed by atoms with Crippen molar-refractivity contribution in [2.45, 2.75) is 32.4 Å². The zero-order chi connectivity index (χ0) is 14.7. The van der Waals surface area contributed by atoms with Gasteiger partial charge in [0.1, 0.15) is 12.4 Å². The lowest BCUT2D eigenvalue weighted by Crippen LogP contribution is -2.39. The van der Waals surface area contributed by atoms with Gasteiger partial charge in [-0.25, -0.2) is 0 Å². The number of hydrogen-bond acceptors (Lipinski definition) is 3. The maximum Gasteiger partial charge on any atom is 0.223 e. The van der Waals surface area contributed by atoms with Crippen LogP contribution >= 0.6 is 11.3 Å². The molecule has 3 nitrogen and oxygen atoms in total. The zero-order valence-corrected chi connectivity index (χ0v) is 12.9. The minimum Gasteiger partial charge on any atom is -0.491 e. The van der Waals surface area contributed by atoms with Crippen LogP contribution in [0.5, 0.6) is 5.75 Å². The van der Waals surface area contributed by atoms with Gasteiger partial charge in [-0.15, -0.1) is 0 Å². The minimum absolute atomic E-state index is 0.104. The molecule has 1 atom stereocenters. The summed E-state index contributed by atoms with van der Waals surface area (Å²) in [4.78, 5) is 14.5. The van der Waals surface area contributed by atoms with Crippen LogP contribution < -0.4 is 4.74 Å². The van der Waals surface area contributed by atoms with E-state index in [2.05, 4.69) is 16.8 Å². The lowest BCUT2D eigenvalue weighted by molar-refractivity contribution is -0.134. The molecule has 0 saturated carbocycles. The molecule has 21 heavy (non-hydrogen) atoms. The van der Waals surface area contributed by atoms with Gasteiger partial charge < -0.3 is 9.64 Å². The molecule has 2 aromatic rings. The van der Waals surface area contributed by atoms with Crippen LogP contribution in [0.4, 0.5) is 0 Å².